The van der Waals surface area contributed by atoms with Crippen molar-refractivity contribution in [3.63, 3.8) is 0 Å². The average molecular weight is 229 g/mol. The van der Waals surface area contributed by atoms with Gasteiger partial charge in [0.1, 0.15) is 0 Å². The van der Waals surface area contributed by atoms with E-state index in [1.54, 1.807) is 11.1 Å². The summed E-state index contributed by atoms with van der Waals surface area (Å²) in [5, 5.41) is 1.49. The number of benzene rings is 1. The minimum Gasteiger partial charge on any atom is -0.361 e. The Kier molecular flexibility index (Phi) is 3.88. The van der Waals surface area contributed by atoms with Crippen molar-refractivity contribution in [2.24, 2.45) is 0 Å². The van der Waals surface area contributed by atoms with E-state index < -0.39 is 0 Å². The maximum absolute atomic E-state index is 3.36. The minimum absolute atomic E-state index is 1.27. The molecular formula is C16H23N. The number of fused-ring (bicyclic) bond motifs is 3. The fourth-order valence-corrected chi connectivity index (χ4v) is 2.83. The molecule has 1 aromatic heterocycles. The van der Waals surface area contributed by atoms with Gasteiger partial charge in [-0.15, -0.1) is 0 Å². The van der Waals surface area contributed by atoms with E-state index in [1.165, 1.54) is 48.6 Å². The second-order valence-corrected chi connectivity index (χ2v) is 4.66. The van der Waals surface area contributed by atoms with Crippen LogP contribution in [0.5, 0.6) is 0 Å². The van der Waals surface area contributed by atoms with Crippen molar-refractivity contribution < 1.29 is 0 Å². The predicted molar refractivity (Wildman–Crippen MR) is 75.6 cm³/mol. The molecule has 3 rings (SSSR count). The highest BCUT2D eigenvalue weighted by Crippen LogP contribution is 2.29. The molecule has 1 aliphatic carbocycles. The maximum atomic E-state index is 3.36. The predicted octanol–water partition coefficient (Wildman–Crippen LogP) is 4.77. The van der Waals surface area contributed by atoms with Gasteiger partial charge in [-0.05, 0) is 55.4 Å². The lowest BCUT2D eigenvalue weighted by molar-refractivity contribution is 0.712. The fourth-order valence-electron chi connectivity index (χ4n) is 2.83. The van der Waals surface area contributed by atoms with Crippen molar-refractivity contribution in [1.82, 2.24) is 4.98 Å². The third-order valence-corrected chi connectivity index (χ3v) is 3.62. The molecule has 0 unspecified atom stereocenters. The van der Waals surface area contributed by atoms with Gasteiger partial charge < -0.3 is 4.98 Å². The van der Waals surface area contributed by atoms with Crippen molar-refractivity contribution in [2.45, 2.75) is 52.9 Å². The third-order valence-electron chi connectivity index (χ3n) is 3.62. The molecule has 1 heterocycles. The van der Waals surface area contributed by atoms with Crippen molar-refractivity contribution in [2.75, 3.05) is 0 Å². The molecule has 0 bridgehead atoms. The maximum Gasteiger partial charge on any atom is 0.0459 e. The van der Waals surface area contributed by atoms with Gasteiger partial charge in [-0.25, -0.2) is 0 Å². The normalized spacial score (nSPS) is 14.8. The molecule has 1 heteroatoms. The van der Waals surface area contributed by atoms with E-state index in [-0.39, 0.29) is 0 Å². The molecule has 92 valence electrons. The molecule has 0 aliphatic heterocycles. The van der Waals surface area contributed by atoms with Crippen LogP contribution in [-0.2, 0) is 12.8 Å². The van der Waals surface area contributed by atoms with Gasteiger partial charge in [-0.2, -0.15) is 0 Å². The number of aromatic amines is 1. The number of aryl methyl sites for hydroxylation is 3. The SMILES string of the molecule is CC.Cc1c[nH]c2ccc3c(c12)CCCCC3. The summed E-state index contributed by atoms with van der Waals surface area (Å²) in [6.07, 6.45) is 8.79. The molecule has 0 radical (unpaired) electrons. The van der Waals surface area contributed by atoms with Crippen LogP contribution in [0.15, 0.2) is 18.3 Å². The lowest BCUT2D eigenvalue weighted by atomic mass is 9.97. The smallest absolute Gasteiger partial charge is 0.0459 e. The molecule has 1 aromatic carbocycles. The van der Waals surface area contributed by atoms with E-state index in [0.29, 0.717) is 0 Å². The van der Waals surface area contributed by atoms with Crippen LogP contribution in [0.4, 0.5) is 0 Å². The zero-order valence-corrected chi connectivity index (χ0v) is 11.3. The van der Waals surface area contributed by atoms with Crippen LogP contribution < -0.4 is 0 Å². The van der Waals surface area contributed by atoms with E-state index in [4.69, 9.17) is 0 Å². The molecule has 1 nitrogen and oxygen atoms in total. The average Bonchev–Trinajstić information content (AvgIpc) is 2.62. The highest BCUT2D eigenvalue weighted by Gasteiger charge is 2.13. The largest absolute Gasteiger partial charge is 0.361 e. The second kappa shape index (κ2) is 5.39. The van der Waals surface area contributed by atoms with Gasteiger partial charge in [0.25, 0.3) is 0 Å². The number of hydrogen-bond acceptors (Lipinski definition) is 0. The molecule has 0 saturated heterocycles. The molecule has 0 amide bonds. The van der Waals surface area contributed by atoms with Crippen molar-refractivity contribution in [1.29, 1.82) is 0 Å². The number of nitrogens with one attached hydrogen (secondary N) is 1. The first-order valence-corrected chi connectivity index (χ1v) is 6.95. The quantitative estimate of drug-likeness (QED) is 0.626. The molecule has 0 spiro atoms. The Morgan fingerprint density at radius 2 is 1.76 bits per heavy atom. The van der Waals surface area contributed by atoms with E-state index in [1.807, 2.05) is 13.8 Å². The molecule has 2 aromatic rings. The van der Waals surface area contributed by atoms with Gasteiger partial charge >= 0.3 is 0 Å². The van der Waals surface area contributed by atoms with Crippen LogP contribution in [0, 0.1) is 6.92 Å². The van der Waals surface area contributed by atoms with Gasteiger partial charge in [0.2, 0.25) is 0 Å². The van der Waals surface area contributed by atoms with E-state index in [2.05, 4.69) is 30.2 Å². The van der Waals surface area contributed by atoms with Crippen LogP contribution >= 0.6 is 0 Å². The molecular weight excluding hydrogens is 206 g/mol. The van der Waals surface area contributed by atoms with Crippen LogP contribution in [0.1, 0.15) is 49.8 Å². The highest BCUT2D eigenvalue weighted by molar-refractivity contribution is 5.87. The molecule has 1 N–H and O–H groups in total. The first-order valence-electron chi connectivity index (χ1n) is 6.95. The Morgan fingerprint density at radius 1 is 1.00 bits per heavy atom. The Hall–Kier alpha value is -1.24. The fraction of sp³-hybridized carbons (Fsp3) is 0.500. The van der Waals surface area contributed by atoms with Crippen LogP contribution in [0.2, 0.25) is 0 Å². The molecule has 0 fully saturated rings. The third kappa shape index (κ3) is 2.24. The van der Waals surface area contributed by atoms with Gasteiger partial charge in [0.05, 0.1) is 0 Å². The Labute approximate surface area is 104 Å². The summed E-state index contributed by atoms with van der Waals surface area (Å²) in [7, 11) is 0. The van der Waals surface area contributed by atoms with Crippen LogP contribution in [0.3, 0.4) is 0 Å². The number of rotatable bonds is 0. The molecule has 0 atom stereocenters. The summed E-state index contributed by atoms with van der Waals surface area (Å²) in [6, 6.07) is 4.56. The summed E-state index contributed by atoms with van der Waals surface area (Å²) in [5.74, 6) is 0. The van der Waals surface area contributed by atoms with Gasteiger partial charge in [0, 0.05) is 17.1 Å². The van der Waals surface area contributed by atoms with E-state index in [0.717, 1.165) is 0 Å². The number of H-pyrrole nitrogens is 1. The standard InChI is InChI=1S/C14H17N.C2H6/c1-10-9-15-13-8-7-11-5-3-2-4-6-12(11)14(10)13;1-2/h7-9,15H,2-6H2,1H3;1-2H3. The van der Waals surface area contributed by atoms with Gasteiger partial charge in [-0.3, -0.25) is 0 Å². The summed E-state index contributed by atoms with van der Waals surface area (Å²) >= 11 is 0. The topological polar surface area (TPSA) is 15.8 Å². The highest BCUT2D eigenvalue weighted by atomic mass is 14.7. The van der Waals surface area contributed by atoms with Crippen molar-refractivity contribution in [3.05, 3.63) is 35.0 Å². The van der Waals surface area contributed by atoms with Gasteiger partial charge in [0.15, 0.2) is 0 Å². The zero-order valence-electron chi connectivity index (χ0n) is 11.3. The molecule has 17 heavy (non-hydrogen) atoms. The molecule has 0 saturated carbocycles. The minimum atomic E-state index is 1.27. The Balaban J connectivity index is 0.000000514. The van der Waals surface area contributed by atoms with E-state index >= 15 is 0 Å². The monoisotopic (exact) mass is 229 g/mol. The summed E-state index contributed by atoms with van der Waals surface area (Å²) < 4.78 is 0. The second-order valence-electron chi connectivity index (χ2n) is 4.66. The Bertz CT molecular complexity index is 493. The van der Waals surface area contributed by atoms with Crippen LogP contribution in [0.25, 0.3) is 10.9 Å². The first-order chi connectivity index (χ1) is 8.36. The lowest BCUT2D eigenvalue weighted by Crippen LogP contribution is -1.92. The van der Waals surface area contributed by atoms with Crippen LogP contribution in [-0.4, -0.2) is 4.98 Å². The van der Waals surface area contributed by atoms with Crippen molar-refractivity contribution in [3.8, 4) is 0 Å². The molecule has 1 aliphatic rings. The van der Waals surface area contributed by atoms with E-state index in [9.17, 15) is 0 Å². The summed E-state index contributed by atoms with van der Waals surface area (Å²) in [5.41, 5.74) is 5.92. The summed E-state index contributed by atoms with van der Waals surface area (Å²) in [6.45, 7) is 6.21. The lowest BCUT2D eigenvalue weighted by Gasteiger charge is -2.07. The summed E-state index contributed by atoms with van der Waals surface area (Å²) in [4.78, 5) is 3.36. The van der Waals surface area contributed by atoms with Crippen molar-refractivity contribution >= 4 is 10.9 Å². The number of hydrogen-bond donors (Lipinski definition) is 1. The Morgan fingerprint density at radius 3 is 2.59 bits per heavy atom. The van der Waals surface area contributed by atoms with Gasteiger partial charge in [-0.1, -0.05) is 26.3 Å². The zero-order chi connectivity index (χ0) is 12.3. The number of aromatic nitrogens is 1. The first kappa shape index (κ1) is 12.2.